The lowest BCUT2D eigenvalue weighted by Gasteiger charge is -2.27. The van der Waals surface area contributed by atoms with Gasteiger partial charge in [-0.1, -0.05) is 0 Å². The van der Waals surface area contributed by atoms with E-state index in [0.29, 0.717) is 56.9 Å². The monoisotopic (exact) mass is 436 g/mol. The Labute approximate surface area is 177 Å². The van der Waals surface area contributed by atoms with E-state index in [1.165, 1.54) is 6.07 Å². The number of morpholine rings is 1. The third-order valence-electron chi connectivity index (χ3n) is 4.45. The molecule has 10 heteroatoms. The fourth-order valence-electron chi connectivity index (χ4n) is 3.09. The van der Waals surface area contributed by atoms with Crippen molar-refractivity contribution in [2.75, 3.05) is 44.4 Å². The van der Waals surface area contributed by atoms with Crippen LogP contribution in [0, 0.1) is 6.92 Å². The largest absolute Gasteiger partial charge is 0.494 e. The van der Waals surface area contributed by atoms with E-state index in [1.807, 2.05) is 18.7 Å². The van der Waals surface area contributed by atoms with Gasteiger partial charge in [0.15, 0.2) is 0 Å². The third kappa shape index (κ3) is 5.59. The molecule has 2 aromatic rings. The zero-order valence-electron chi connectivity index (χ0n) is 17.6. The normalized spacial score (nSPS) is 14.6. The second-order valence-electron chi connectivity index (χ2n) is 6.70. The molecule has 2 heterocycles. The Bertz CT molecular complexity index is 962. The molecular formula is C20H28N4O5S. The van der Waals surface area contributed by atoms with Gasteiger partial charge in [0.2, 0.25) is 16.0 Å². The first kappa shape index (κ1) is 22.3. The highest BCUT2D eigenvalue weighted by Crippen LogP contribution is 2.29. The molecule has 1 saturated heterocycles. The second-order valence-corrected chi connectivity index (χ2v) is 8.43. The van der Waals surface area contributed by atoms with E-state index in [2.05, 4.69) is 14.7 Å². The van der Waals surface area contributed by atoms with Crippen molar-refractivity contribution < 1.29 is 22.6 Å². The Morgan fingerprint density at radius 2 is 1.83 bits per heavy atom. The van der Waals surface area contributed by atoms with Crippen LogP contribution in [0.1, 0.15) is 25.2 Å². The number of rotatable bonds is 9. The van der Waals surface area contributed by atoms with E-state index >= 15 is 0 Å². The highest BCUT2D eigenvalue weighted by molar-refractivity contribution is 7.89. The van der Waals surface area contributed by atoms with Crippen molar-refractivity contribution in [3.63, 3.8) is 0 Å². The Morgan fingerprint density at radius 1 is 1.10 bits per heavy atom. The fraction of sp³-hybridized carbons (Fsp3) is 0.500. The zero-order valence-corrected chi connectivity index (χ0v) is 18.4. The van der Waals surface area contributed by atoms with Gasteiger partial charge in [0, 0.05) is 24.8 Å². The number of hydrogen-bond donors (Lipinski definition) is 1. The van der Waals surface area contributed by atoms with Crippen LogP contribution >= 0.6 is 0 Å². The van der Waals surface area contributed by atoms with E-state index in [4.69, 9.17) is 14.2 Å². The SMILES string of the molecule is CCOc1ccc(S(=O)(=O)NCc2cc(C)nc(N3CCOCC3)n2)c(OCC)c1. The van der Waals surface area contributed by atoms with Crippen molar-refractivity contribution in [2.24, 2.45) is 0 Å². The molecule has 0 amide bonds. The van der Waals surface area contributed by atoms with Crippen LogP contribution in [0.5, 0.6) is 11.5 Å². The highest BCUT2D eigenvalue weighted by Gasteiger charge is 2.21. The van der Waals surface area contributed by atoms with Crippen LogP contribution in [0.25, 0.3) is 0 Å². The summed E-state index contributed by atoms with van der Waals surface area (Å²) in [6, 6.07) is 6.47. The van der Waals surface area contributed by atoms with Crippen LogP contribution in [0.4, 0.5) is 5.95 Å². The molecule has 0 unspecified atom stereocenters. The molecule has 9 nitrogen and oxygen atoms in total. The number of anilines is 1. The molecule has 0 bridgehead atoms. The third-order valence-corrected chi connectivity index (χ3v) is 5.89. The van der Waals surface area contributed by atoms with Crippen molar-refractivity contribution in [1.82, 2.24) is 14.7 Å². The minimum absolute atomic E-state index is 0.0435. The number of hydrogen-bond acceptors (Lipinski definition) is 8. The molecule has 1 aliphatic rings. The summed E-state index contributed by atoms with van der Waals surface area (Å²) in [6.07, 6.45) is 0. The topological polar surface area (TPSA) is 103 Å². The lowest BCUT2D eigenvalue weighted by Crippen LogP contribution is -2.37. The van der Waals surface area contributed by atoms with E-state index in [9.17, 15) is 8.42 Å². The molecule has 1 aliphatic heterocycles. The summed E-state index contributed by atoms with van der Waals surface area (Å²) in [5, 5.41) is 0. The number of sulfonamides is 1. The van der Waals surface area contributed by atoms with Crippen molar-refractivity contribution >= 4 is 16.0 Å². The number of nitrogens with one attached hydrogen (secondary N) is 1. The molecule has 1 aromatic carbocycles. The minimum atomic E-state index is -3.82. The molecular weight excluding hydrogens is 408 g/mol. The number of ether oxygens (including phenoxy) is 3. The summed E-state index contributed by atoms with van der Waals surface area (Å²) >= 11 is 0. The smallest absolute Gasteiger partial charge is 0.244 e. The standard InChI is InChI=1S/C20H28N4O5S/c1-4-28-17-6-7-19(18(13-17)29-5-2)30(25,26)21-14-16-12-15(3)22-20(23-16)24-8-10-27-11-9-24/h6-7,12-13,21H,4-5,8-11,14H2,1-3H3. The summed E-state index contributed by atoms with van der Waals surface area (Å²) in [4.78, 5) is 11.1. The van der Waals surface area contributed by atoms with Gasteiger partial charge in [-0.05, 0) is 39.0 Å². The minimum Gasteiger partial charge on any atom is -0.494 e. The molecule has 1 aromatic heterocycles. The van der Waals surface area contributed by atoms with Crippen LogP contribution in [0.3, 0.4) is 0 Å². The molecule has 0 atom stereocenters. The summed E-state index contributed by atoms with van der Waals surface area (Å²) in [5.41, 5.74) is 1.37. The quantitative estimate of drug-likeness (QED) is 0.636. The first-order valence-electron chi connectivity index (χ1n) is 9.99. The van der Waals surface area contributed by atoms with Gasteiger partial charge in [-0.15, -0.1) is 0 Å². The molecule has 0 radical (unpaired) electrons. The van der Waals surface area contributed by atoms with Crippen molar-refractivity contribution in [1.29, 1.82) is 0 Å². The predicted octanol–water partition coefficient (Wildman–Crippen LogP) is 1.90. The Balaban J connectivity index is 1.78. The predicted molar refractivity (Wildman–Crippen MR) is 113 cm³/mol. The average Bonchev–Trinajstić information content (AvgIpc) is 2.73. The van der Waals surface area contributed by atoms with Crippen molar-refractivity contribution in [3.8, 4) is 11.5 Å². The van der Waals surface area contributed by atoms with Crippen LogP contribution in [0.2, 0.25) is 0 Å². The molecule has 1 N–H and O–H groups in total. The number of benzene rings is 1. The summed E-state index contributed by atoms with van der Waals surface area (Å²) in [5.74, 6) is 1.40. The average molecular weight is 437 g/mol. The number of aromatic nitrogens is 2. The van der Waals surface area contributed by atoms with Gasteiger partial charge in [0.1, 0.15) is 16.4 Å². The Hall–Kier alpha value is -2.43. The maximum atomic E-state index is 12.9. The van der Waals surface area contributed by atoms with Crippen LogP contribution in [-0.4, -0.2) is 57.9 Å². The fourth-order valence-corrected chi connectivity index (χ4v) is 4.22. The molecule has 0 saturated carbocycles. The van der Waals surface area contributed by atoms with Gasteiger partial charge in [-0.25, -0.2) is 23.1 Å². The summed E-state index contributed by atoms with van der Waals surface area (Å²) in [6.45, 7) is 9.05. The lowest BCUT2D eigenvalue weighted by molar-refractivity contribution is 0.122. The van der Waals surface area contributed by atoms with E-state index in [0.717, 1.165) is 5.69 Å². The maximum Gasteiger partial charge on any atom is 0.244 e. The van der Waals surface area contributed by atoms with E-state index in [1.54, 1.807) is 25.1 Å². The molecule has 1 fully saturated rings. The van der Waals surface area contributed by atoms with Gasteiger partial charge in [0.05, 0.1) is 38.7 Å². The highest BCUT2D eigenvalue weighted by atomic mass is 32.2. The zero-order chi connectivity index (χ0) is 21.6. The molecule has 0 aliphatic carbocycles. The number of aryl methyl sites for hydroxylation is 1. The van der Waals surface area contributed by atoms with Gasteiger partial charge < -0.3 is 19.1 Å². The van der Waals surface area contributed by atoms with Gasteiger partial charge in [0.25, 0.3) is 0 Å². The second kappa shape index (κ2) is 10.1. The lowest BCUT2D eigenvalue weighted by atomic mass is 10.3. The maximum absolute atomic E-state index is 12.9. The number of nitrogens with zero attached hydrogens (tertiary/aromatic N) is 3. The summed E-state index contributed by atoms with van der Waals surface area (Å²) in [7, 11) is -3.82. The summed E-state index contributed by atoms with van der Waals surface area (Å²) < 4.78 is 44.8. The molecule has 0 spiro atoms. The van der Waals surface area contributed by atoms with Crippen molar-refractivity contribution in [2.45, 2.75) is 32.2 Å². The first-order valence-corrected chi connectivity index (χ1v) is 11.5. The first-order chi connectivity index (χ1) is 14.4. The van der Waals surface area contributed by atoms with E-state index in [-0.39, 0.29) is 17.2 Å². The molecule has 164 valence electrons. The Morgan fingerprint density at radius 3 is 2.53 bits per heavy atom. The Kier molecular flexibility index (Phi) is 7.46. The van der Waals surface area contributed by atoms with E-state index < -0.39 is 10.0 Å². The van der Waals surface area contributed by atoms with Crippen LogP contribution in [0.15, 0.2) is 29.2 Å². The van der Waals surface area contributed by atoms with Gasteiger partial charge in [-0.3, -0.25) is 0 Å². The molecule has 30 heavy (non-hydrogen) atoms. The van der Waals surface area contributed by atoms with Crippen molar-refractivity contribution in [3.05, 3.63) is 35.7 Å². The van der Waals surface area contributed by atoms with Crippen LogP contribution in [-0.2, 0) is 21.3 Å². The van der Waals surface area contributed by atoms with Crippen LogP contribution < -0.4 is 19.1 Å². The van der Waals surface area contributed by atoms with Gasteiger partial charge >= 0.3 is 0 Å². The molecule has 3 rings (SSSR count). The van der Waals surface area contributed by atoms with Gasteiger partial charge in [-0.2, -0.15) is 0 Å².